The number of nitrogens with one attached hydrogen (secondary N) is 1. The Labute approximate surface area is 127 Å². The minimum atomic E-state index is -0.324. The van der Waals surface area contributed by atoms with Crippen LogP contribution in [0.15, 0.2) is 23.3 Å². The molecule has 1 N–H and O–H groups in total. The van der Waals surface area contributed by atoms with E-state index in [4.69, 9.17) is 6.15 Å². The quantitative estimate of drug-likeness (QED) is 0.725. The van der Waals surface area contributed by atoms with Crippen LogP contribution in [0, 0.1) is 0 Å². The van der Waals surface area contributed by atoms with Gasteiger partial charge in [0.25, 0.3) is 0 Å². The van der Waals surface area contributed by atoms with Crippen molar-refractivity contribution in [3.05, 3.63) is 40.2 Å². The molecule has 0 bridgehead atoms. The highest BCUT2D eigenvalue weighted by atomic mass is 16.5. The molecule has 0 radical (unpaired) electrons. The van der Waals surface area contributed by atoms with Gasteiger partial charge in [-0.15, -0.1) is 5.10 Å². The summed E-state index contributed by atoms with van der Waals surface area (Å²) in [6.45, 7) is 2.25. The van der Waals surface area contributed by atoms with Gasteiger partial charge >= 0.3 is 5.69 Å². The molecule has 0 aliphatic heterocycles. The standard InChI is InChI=1S/C13H17N7O2/c1-4-10-9(8-22-12-5-6-14-15-12)11(7-18(10)2)20-13(21)19(3)16-17-20/h5-7H,4,8H2,1-3H3,(H,14,15)/i/hT. The van der Waals surface area contributed by atoms with Gasteiger partial charge in [-0.3, -0.25) is 5.09 Å². The third-order valence-corrected chi connectivity index (χ3v) is 3.49. The monoisotopic (exact) mass is 305 g/mol. The maximum atomic E-state index is 12.1. The molecule has 3 aromatic rings. The van der Waals surface area contributed by atoms with Crippen LogP contribution in [0.25, 0.3) is 5.69 Å². The first-order chi connectivity index (χ1) is 11.0. The van der Waals surface area contributed by atoms with Crippen LogP contribution in [0.2, 0.25) is 1.41 Å². The molecule has 0 spiro atoms. The fourth-order valence-corrected chi connectivity index (χ4v) is 2.41. The molecule has 0 aliphatic rings. The van der Waals surface area contributed by atoms with E-state index in [1.54, 1.807) is 13.1 Å². The van der Waals surface area contributed by atoms with Crippen LogP contribution in [0.1, 0.15) is 18.2 Å². The summed E-state index contributed by atoms with van der Waals surface area (Å²) in [5, 5.41) is 12.4. The average Bonchev–Trinajstić information content (AvgIpc) is 3.17. The number of ether oxygens (including phenoxy) is 1. The van der Waals surface area contributed by atoms with E-state index in [1.165, 1.54) is 15.6 Å². The number of aromatic nitrogens is 7. The molecular formula is C13H17N7O2. The molecule has 0 aliphatic carbocycles. The molecule has 0 aromatic carbocycles. The Balaban J connectivity index is 2.00. The molecule has 0 saturated heterocycles. The summed E-state index contributed by atoms with van der Waals surface area (Å²) in [7, 11) is 3.46. The Kier molecular flexibility index (Phi) is 3.22. The molecule has 0 saturated carbocycles. The van der Waals surface area contributed by atoms with Crippen LogP contribution in [0.5, 0.6) is 5.88 Å². The van der Waals surface area contributed by atoms with Gasteiger partial charge in [0.15, 0.2) is 1.41 Å². The normalized spacial score (nSPS) is 11.7. The second kappa shape index (κ2) is 5.51. The summed E-state index contributed by atoms with van der Waals surface area (Å²) in [4.78, 5) is 12.1. The Morgan fingerprint density at radius 1 is 1.41 bits per heavy atom. The van der Waals surface area contributed by atoms with Gasteiger partial charge in [-0.25, -0.2) is 4.79 Å². The third kappa shape index (κ3) is 2.30. The molecule has 0 fully saturated rings. The minimum Gasteiger partial charge on any atom is -0.472 e. The number of aromatic amines is 1. The van der Waals surface area contributed by atoms with Gasteiger partial charge in [0, 0.05) is 43.8 Å². The number of nitrogens with zero attached hydrogens (tertiary/aromatic N) is 6. The number of tetrazole rings is 1. The smallest absolute Gasteiger partial charge is 0.368 e. The number of hydrogen-bond acceptors (Lipinski definition) is 5. The maximum Gasteiger partial charge on any atom is 0.368 e. The van der Waals surface area contributed by atoms with E-state index in [9.17, 15) is 4.79 Å². The molecule has 3 aromatic heterocycles. The zero-order valence-corrected chi connectivity index (χ0v) is 12.6. The minimum absolute atomic E-state index is 0.222. The number of rotatable bonds is 5. The Bertz CT molecular complexity index is 889. The van der Waals surface area contributed by atoms with E-state index in [0.29, 0.717) is 11.6 Å². The summed E-state index contributed by atoms with van der Waals surface area (Å²) >= 11 is 0. The van der Waals surface area contributed by atoms with Gasteiger partial charge in [-0.05, 0) is 16.8 Å². The zero-order chi connectivity index (χ0) is 16.6. The first-order valence-corrected chi connectivity index (χ1v) is 6.85. The molecule has 9 heteroatoms. The van der Waals surface area contributed by atoms with Gasteiger partial charge in [-0.1, -0.05) is 6.92 Å². The molecule has 116 valence electrons. The van der Waals surface area contributed by atoms with E-state index < -0.39 is 0 Å². The fraction of sp³-hybridized carbons (Fsp3) is 0.385. The predicted molar refractivity (Wildman–Crippen MR) is 77.9 cm³/mol. The topological polar surface area (TPSA) is 95.5 Å². The first-order valence-electron chi connectivity index (χ1n) is 7.30. The third-order valence-electron chi connectivity index (χ3n) is 3.49. The van der Waals surface area contributed by atoms with E-state index in [2.05, 4.69) is 15.5 Å². The summed E-state index contributed by atoms with van der Waals surface area (Å²) < 4.78 is 17.4. The lowest BCUT2D eigenvalue weighted by molar-refractivity contribution is 0.291. The zero-order valence-electron chi connectivity index (χ0n) is 13.6. The van der Waals surface area contributed by atoms with Crippen molar-refractivity contribution in [2.24, 2.45) is 14.1 Å². The van der Waals surface area contributed by atoms with Crippen LogP contribution < -0.4 is 10.4 Å². The molecule has 3 heterocycles. The summed E-state index contributed by atoms with van der Waals surface area (Å²) in [5.74, 6) is 0.350. The van der Waals surface area contributed by atoms with Crippen molar-refractivity contribution in [2.75, 3.05) is 0 Å². The van der Waals surface area contributed by atoms with E-state index >= 15 is 0 Å². The molecule has 0 atom stereocenters. The predicted octanol–water partition coefficient (Wildman–Crippen LogP) is 0.169. The van der Waals surface area contributed by atoms with E-state index in [1.807, 2.05) is 24.7 Å². The van der Waals surface area contributed by atoms with Crippen LogP contribution in [0.3, 0.4) is 0 Å². The van der Waals surface area contributed by atoms with Gasteiger partial charge in [0.05, 0.1) is 5.69 Å². The second-order valence-electron chi connectivity index (χ2n) is 4.86. The van der Waals surface area contributed by atoms with Gasteiger partial charge in [-0.2, -0.15) is 9.36 Å². The number of H-pyrrole nitrogens is 1. The average molecular weight is 305 g/mol. The summed E-state index contributed by atoms with van der Waals surface area (Å²) in [6, 6.07) is 1.61. The SMILES string of the molecule is [3H]n1ccc(OCc2c(-n3nnn(C)c3=O)cn(C)c2CC)n1. The second-order valence-corrected chi connectivity index (χ2v) is 4.86. The molecule has 0 unspecified atom stereocenters. The lowest BCUT2D eigenvalue weighted by Gasteiger charge is -2.07. The van der Waals surface area contributed by atoms with Crippen molar-refractivity contribution in [3.63, 3.8) is 0 Å². The molecular weight excluding hydrogens is 286 g/mol. The highest BCUT2D eigenvalue weighted by Crippen LogP contribution is 2.21. The van der Waals surface area contributed by atoms with Crippen LogP contribution in [-0.2, 0) is 27.1 Å². The van der Waals surface area contributed by atoms with Crippen LogP contribution >= 0.6 is 0 Å². The molecule has 9 nitrogen and oxygen atoms in total. The first kappa shape index (κ1) is 12.9. The highest BCUT2D eigenvalue weighted by Gasteiger charge is 2.18. The maximum absolute atomic E-state index is 12.1. The Hall–Kier alpha value is -2.84. The number of hydrogen-bond donors (Lipinski definition) is 1. The molecule has 22 heavy (non-hydrogen) atoms. The van der Waals surface area contributed by atoms with E-state index in [0.717, 1.165) is 22.8 Å². The lowest BCUT2D eigenvalue weighted by Crippen LogP contribution is -2.22. The highest BCUT2D eigenvalue weighted by molar-refractivity contribution is 5.43. The summed E-state index contributed by atoms with van der Waals surface area (Å²) in [5.41, 5.74) is 2.18. The van der Waals surface area contributed by atoms with Crippen LogP contribution in [-0.4, -0.2) is 34.5 Å². The van der Waals surface area contributed by atoms with Crippen molar-refractivity contribution in [1.29, 1.82) is 0 Å². The van der Waals surface area contributed by atoms with Crippen molar-refractivity contribution in [1.82, 2.24) is 34.5 Å². The Morgan fingerprint density at radius 2 is 2.23 bits per heavy atom. The van der Waals surface area contributed by atoms with Gasteiger partial charge in [0.1, 0.15) is 6.61 Å². The van der Waals surface area contributed by atoms with Crippen molar-refractivity contribution in [3.8, 4) is 11.6 Å². The molecule has 0 amide bonds. The number of aryl methyl sites for hydroxylation is 2. The largest absolute Gasteiger partial charge is 0.472 e. The van der Waals surface area contributed by atoms with Crippen molar-refractivity contribution < 1.29 is 6.15 Å². The lowest BCUT2D eigenvalue weighted by atomic mass is 10.2. The van der Waals surface area contributed by atoms with Crippen molar-refractivity contribution >= 4 is 0 Å². The van der Waals surface area contributed by atoms with Gasteiger partial charge < -0.3 is 9.30 Å². The van der Waals surface area contributed by atoms with Crippen LogP contribution in [0.4, 0.5) is 0 Å². The van der Waals surface area contributed by atoms with E-state index in [-0.39, 0.29) is 12.3 Å². The van der Waals surface area contributed by atoms with Gasteiger partial charge in [0.2, 0.25) is 5.88 Å². The summed E-state index contributed by atoms with van der Waals surface area (Å²) in [6.07, 6.45) is 4.09. The van der Waals surface area contributed by atoms with Crippen molar-refractivity contribution in [2.45, 2.75) is 20.0 Å². The molecule has 3 rings (SSSR count). The Morgan fingerprint density at radius 3 is 2.82 bits per heavy atom. The fourth-order valence-electron chi connectivity index (χ4n) is 2.41.